The van der Waals surface area contributed by atoms with Gasteiger partial charge in [-0.05, 0) is 18.1 Å². The summed E-state index contributed by atoms with van der Waals surface area (Å²) in [5.74, 6) is -3.41. The summed E-state index contributed by atoms with van der Waals surface area (Å²) in [7, 11) is 1.07. The number of carbonyl (C=O) groups excluding carboxylic acids is 4. The number of rotatable bonds is 8. The van der Waals surface area contributed by atoms with Gasteiger partial charge in [0.25, 0.3) is 5.91 Å². The first kappa shape index (κ1) is 20.9. The van der Waals surface area contributed by atoms with Crippen LogP contribution in [0.3, 0.4) is 0 Å². The minimum absolute atomic E-state index is 0.215. The van der Waals surface area contributed by atoms with Crippen molar-refractivity contribution in [2.45, 2.75) is 32.5 Å². The van der Waals surface area contributed by atoms with Crippen molar-refractivity contribution in [3.8, 4) is 0 Å². The topological polar surface area (TPSA) is 124 Å². The quantitative estimate of drug-likeness (QED) is 0.506. The second kappa shape index (κ2) is 9.54. The van der Waals surface area contributed by atoms with Gasteiger partial charge in [0.2, 0.25) is 12.2 Å². The highest BCUT2D eigenvalue weighted by molar-refractivity contribution is 5.91. The Morgan fingerprint density at radius 1 is 1.04 bits per heavy atom. The maximum atomic E-state index is 12.5. The molecule has 1 aromatic heterocycles. The maximum absolute atomic E-state index is 12.5. The summed E-state index contributed by atoms with van der Waals surface area (Å²) in [6, 6.07) is 7.72. The Morgan fingerprint density at radius 3 is 2.32 bits per heavy atom. The molecule has 2 aromatic rings. The number of ether oxygens (including phenoxy) is 3. The van der Waals surface area contributed by atoms with E-state index in [9.17, 15) is 19.2 Å². The molecule has 28 heavy (non-hydrogen) atoms. The lowest BCUT2D eigenvalue weighted by molar-refractivity contribution is -0.182. The van der Waals surface area contributed by atoms with E-state index in [0.717, 1.165) is 37.4 Å². The van der Waals surface area contributed by atoms with Crippen LogP contribution in [0.4, 0.5) is 0 Å². The lowest BCUT2D eigenvalue weighted by Gasteiger charge is -2.23. The van der Waals surface area contributed by atoms with Crippen LogP contribution in [0.2, 0.25) is 0 Å². The normalized spacial score (nSPS) is 12.7. The summed E-state index contributed by atoms with van der Waals surface area (Å²) in [5.41, 5.74) is 1.96. The Hall–Kier alpha value is -3.36. The molecule has 0 unspecified atom stereocenters. The van der Waals surface area contributed by atoms with Crippen molar-refractivity contribution in [2.75, 3.05) is 13.7 Å². The number of aromatic amines is 1. The number of hydrogen-bond donors (Lipinski definition) is 2. The molecule has 1 heterocycles. The number of esters is 3. The molecule has 0 saturated carbocycles. The number of benzene rings is 1. The molecule has 0 bridgehead atoms. The number of hydrogen-bond acceptors (Lipinski definition) is 7. The Morgan fingerprint density at radius 2 is 1.68 bits per heavy atom. The van der Waals surface area contributed by atoms with Gasteiger partial charge in [-0.3, -0.25) is 14.4 Å². The van der Waals surface area contributed by atoms with Crippen LogP contribution in [0.1, 0.15) is 19.4 Å². The summed E-state index contributed by atoms with van der Waals surface area (Å²) >= 11 is 0. The average Bonchev–Trinajstić information content (AvgIpc) is 3.06. The fourth-order valence-electron chi connectivity index (χ4n) is 2.72. The third-order valence-corrected chi connectivity index (χ3v) is 3.92. The van der Waals surface area contributed by atoms with Crippen molar-refractivity contribution in [2.24, 2.45) is 0 Å². The number of nitrogens with one attached hydrogen (secondary N) is 2. The molecule has 0 aliphatic rings. The molecule has 0 aliphatic carbocycles. The number of amides is 1. The minimum Gasteiger partial charge on any atom is -0.466 e. The molecule has 2 rings (SSSR count). The van der Waals surface area contributed by atoms with E-state index in [-0.39, 0.29) is 6.54 Å². The van der Waals surface area contributed by atoms with Gasteiger partial charge in [-0.1, -0.05) is 18.2 Å². The molecule has 150 valence electrons. The number of carbonyl (C=O) groups is 4. The molecular formula is C19H22N2O7. The van der Waals surface area contributed by atoms with Crippen molar-refractivity contribution in [1.82, 2.24) is 10.3 Å². The van der Waals surface area contributed by atoms with Crippen molar-refractivity contribution in [3.63, 3.8) is 0 Å². The lowest BCUT2D eigenvalue weighted by atomic mass is 10.1. The summed E-state index contributed by atoms with van der Waals surface area (Å²) in [6.07, 6.45) is -1.01. The number of para-hydroxylation sites is 1. The minimum atomic E-state index is -1.69. The Labute approximate surface area is 161 Å². The Kier molecular flexibility index (Phi) is 7.14. The zero-order chi connectivity index (χ0) is 20.7. The van der Waals surface area contributed by atoms with Gasteiger partial charge in [0.05, 0.1) is 7.11 Å². The molecule has 0 spiro atoms. The number of fused-ring (bicyclic) bond motifs is 1. The summed E-state index contributed by atoms with van der Waals surface area (Å²) < 4.78 is 14.3. The molecule has 0 fully saturated rings. The fourth-order valence-corrected chi connectivity index (χ4v) is 2.72. The van der Waals surface area contributed by atoms with E-state index >= 15 is 0 Å². The van der Waals surface area contributed by atoms with Gasteiger partial charge < -0.3 is 24.5 Å². The molecule has 0 aliphatic heterocycles. The highest BCUT2D eigenvalue weighted by Gasteiger charge is 2.40. The third kappa shape index (κ3) is 5.32. The van der Waals surface area contributed by atoms with Gasteiger partial charge in [0, 0.05) is 37.5 Å². The lowest BCUT2D eigenvalue weighted by Crippen LogP contribution is -2.50. The molecule has 9 nitrogen and oxygen atoms in total. The van der Waals surface area contributed by atoms with Crippen LogP contribution in [0.5, 0.6) is 0 Å². The van der Waals surface area contributed by atoms with Gasteiger partial charge in [-0.15, -0.1) is 0 Å². The number of methoxy groups -OCH3 is 1. The summed E-state index contributed by atoms with van der Waals surface area (Å²) in [4.78, 5) is 50.2. The van der Waals surface area contributed by atoms with Gasteiger partial charge >= 0.3 is 17.9 Å². The molecule has 0 saturated heterocycles. The molecule has 0 radical (unpaired) electrons. The molecule has 1 amide bonds. The predicted molar refractivity (Wildman–Crippen MR) is 98.1 cm³/mol. The van der Waals surface area contributed by atoms with Crippen molar-refractivity contribution >= 4 is 34.7 Å². The standard InChI is InChI=1S/C19H22N2O7/c1-11(22)27-16(17(19(25)26-3)28-12(2)23)18(24)20-9-8-13-10-21-15-7-5-4-6-14(13)15/h4-7,10,16-17,21H,8-9H2,1-3H3,(H,20,24)/t16-,17-/m1/s1. The van der Waals surface area contributed by atoms with Crippen molar-refractivity contribution in [1.29, 1.82) is 0 Å². The van der Waals surface area contributed by atoms with Crippen LogP contribution in [-0.2, 0) is 39.8 Å². The van der Waals surface area contributed by atoms with E-state index in [1.807, 2.05) is 30.5 Å². The first-order valence-electron chi connectivity index (χ1n) is 8.58. The van der Waals surface area contributed by atoms with Crippen LogP contribution < -0.4 is 5.32 Å². The monoisotopic (exact) mass is 390 g/mol. The first-order valence-corrected chi connectivity index (χ1v) is 8.58. The van der Waals surface area contributed by atoms with Gasteiger partial charge in [-0.2, -0.15) is 0 Å². The summed E-state index contributed by atoms with van der Waals surface area (Å²) in [6.45, 7) is 2.36. The second-order valence-corrected chi connectivity index (χ2v) is 5.98. The number of H-pyrrole nitrogens is 1. The zero-order valence-corrected chi connectivity index (χ0v) is 15.8. The highest BCUT2D eigenvalue weighted by atomic mass is 16.6. The largest absolute Gasteiger partial charge is 0.466 e. The van der Waals surface area contributed by atoms with E-state index in [1.165, 1.54) is 0 Å². The predicted octanol–water partition coefficient (Wildman–Crippen LogP) is 0.863. The van der Waals surface area contributed by atoms with Crippen LogP contribution in [-0.4, -0.2) is 54.7 Å². The molecule has 1 aromatic carbocycles. The van der Waals surface area contributed by atoms with Crippen LogP contribution in [0, 0.1) is 0 Å². The van der Waals surface area contributed by atoms with Crippen molar-refractivity contribution < 1.29 is 33.4 Å². The second-order valence-electron chi connectivity index (χ2n) is 5.98. The first-order chi connectivity index (χ1) is 13.3. The van der Waals surface area contributed by atoms with E-state index in [4.69, 9.17) is 9.47 Å². The zero-order valence-electron chi connectivity index (χ0n) is 15.8. The van der Waals surface area contributed by atoms with E-state index in [2.05, 4.69) is 15.0 Å². The Balaban J connectivity index is 2.07. The molecule has 2 atom stereocenters. The van der Waals surface area contributed by atoms with Crippen LogP contribution >= 0.6 is 0 Å². The van der Waals surface area contributed by atoms with E-state index < -0.39 is 36.0 Å². The number of aromatic nitrogens is 1. The maximum Gasteiger partial charge on any atom is 0.351 e. The average molecular weight is 390 g/mol. The van der Waals surface area contributed by atoms with Gasteiger partial charge in [0.15, 0.2) is 0 Å². The van der Waals surface area contributed by atoms with Gasteiger partial charge in [-0.25, -0.2) is 4.79 Å². The summed E-state index contributed by atoms with van der Waals surface area (Å²) in [5, 5.41) is 3.62. The fraction of sp³-hybridized carbons (Fsp3) is 0.368. The van der Waals surface area contributed by atoms with Crippen LogP contribution in [0.25, 0.3) is 10.9 Å². The van der Waals surface area contributed by atoms with E-state index in [0.29, 0.717) is 6.42 Å². The third-order valence-electron chi connectivity index (χ3n) is 3.92. The van der Waals surface area contributed by atoms with Gasteiger partial charge in [0.1, 0.15) is 0 Å². The van der Waals surface area contributed by atoms with E-state index in [1.54, 1.807) is 0 Å². The van der Waals surface area contributed by atoms with Crippen LogP contribution in [0.15, 0.2) is 30.5 Å². The molecular weight excluding hydrogens is 368 g/mol. The highest BCUT2D eigenvalue weighted by Crippen LogP contribution is 2.17. The SMILES string of the molecule is COC(=O)[C@H](OC(C)=O)[C@@H](OC(C)=O)C(=O)NCCc1c[nH]c2ccccc12. The van der Waals surface area contributed by atoms with Crippen molar-refractivity contribution in [3.05, 3.63) is 36.0 Å². The smallest absolute Gasteiger partial charge is 0.351 e. The Bertz CT molecular complexity index is 874. The molecule has 2 N–H and O–H groups in total. The molecule has 9 heteroatoms.